The molecule has 3 rings (SSSR count). The smallest absolute Gasteiger partial charge is 0.223 e. The quantitative estimate of drug-likeness (QED) is 0.820. The first-order valence-electron chi connectivity index (χ1n) is 8.99. The third-order valence-corrected chi connectivity index (χ3v) is 4.86. The van der Waals surface area contributed by atoms with Crippen LogP contribution in [0.25, 0.3) is 0 Å². The molecule has 0 spiro atoms. The second kappa shape index (κ2) is 8.19. The van der Waals surface area contributed by atoms with E-state index < -0.39 is 0 Å². The summed E-state index contributed by atoms with van der Waals surface area (Å²) in [7, 11) is 0. The minimum atomic E-state index is 0.140. The summed E-state index contributed by atoms with van der Waals surface area (Å²) in [6.07, 6.45) is 13.7. The average molecular weight is 313 g/mol. The molecule has 1 amide bonds. The molecule has 2 aliphatic rings. The Hall–Kier alpha value is -1.77. The zero-order valence-corrected chi connectivity index (χ0v) is 13.8. The van der Waals surface area contributed by atoms with Gasteiger partial charge in [-0.2, -0.15) is 0 Å². The van der Waals surface area contributed by atoms with Gasteiger partial charge in [0.15, 0.2) is 0 Å². The molecule has 1 atom stereocenters. The van der Waals surface area contributed by atoms with Gasteiger partial charge in [0.1, 0.15) is 5.75 Å². The molecular weight excluding hydrogens is 286 g/mol. The van der Waals surface area contributed by atoms with Crippen LogP contribution < -0.4 is 10.1 Å². The van der Waals surface area contributed by atoms with E-state index in [-0.39, 0.29) is 11.8 Å². The van der Waals surface area contributed by atoms with Crippen LogP contribution in [0.1, 0.15) is 56.9 Å². The summed E-state index contributed by atoms with van der Waals surface area (Å²) in [5.41, 5.74) is 1.11. The summed E-state index contributed by atoms with van der Waals surface area (Å²) in [5, 5.41) is 3.07. The normalized spacial score (nSPS) is 21.8. The second-order valence-electron chi connectivity index (χ2n) is 6.72. The van der Waals surface area contributed by atoms with E-state index in [1.54, 1.807) is 0 Å². The molecule has 1 saturated carbocycles. The standard InChI is InChI=1S/C20H27NO2/c22-20(17-9-3-1-4-10-17)21-15-16-8-7-13-19(14-16)23-18-11-5-2-6-12-18/h1,3,7-8,13-14,17-18H,2,4-6,9-12,15H2,(H,21,22). The number of carbonyl (C=O) groups excluding carboxylic acids is 1. The van der Waals surface area contributed by atoms with Crippen molar-refractivity contribution >= 4 is 5.91 Å². The van der Waals surface area contributed by atoms with Crippen molar-refractivity contribution < 1.29 is 9.53 Å². The summed E-state index contributed by atoms with van der Waals surface area (Å²) in [6.45, 7) is 0.584. The van der Waals surface area contributed by atoms with E-state index in [2.05, 4.69) is 29.6 Å². The zero-order chi connectivity index (χ0) is 15.9. The topological polar surface area (TPSA) is 38.3 Å². The SMILES string of the molecule is O=C(NCc1cccc(OC2CCCCC2)c1)C1CC=CCC1. The van der Waals surface area contributed by atoms with Crippen LogP contribution in [0.3, 0.4) is 0 Å². The third kappa shape index (κ3) is 4.85. The van der Waals surface area contributed by atoms with E-state index in [4.69, 9.17) is 4.74 Å². The molecule has 1 aromatic carbocycles. The van der Waals surface area contributed by atoms with E-state index in [9.17, 15) is 4.79 Å². The Morgan fingerprint density at radius 3 is 2.78 bits per heavy atom. The number of ether oxygens (including phenoxy) is 1. The average Bonchev–Trinajstić information content (AvgIpc) is 2.62. The fourth-order valence-corrected chi connectivity index (χ4v) is 3.47. The van der Waals surface area contributed by atoms with Crippen molar-refractivity contribution in [2.75, 3.05) is 0 Å². The van der Waals surface area contributed by atoms with Crippen LogP contribution in [0, 0.1) is 5.92 Å². The first-order valence-corrected chi connectivity index (χ1v) is 8.99. The first kappa shape index (κ1) is 16.1. The molecule has 1 unspecified atom stereocenters. The minimum Gasteiger partial charge on any atom is -0.490 e. The number of benzene rings is 1. The van der Waals surface area contributed by atoms with Crippen LogP contribution in [0.2, 0.25) is 0 Å². The van der Waals surface area contributed by atoms with Crippen LogP contribution in [0.15, 0.2) is 36.4 Å². The predicted octanol–water partition coefficient (Wildman–Crippen LogP) is 4.37. The van der Waals surface area contributed by atoms with Gasteiger partial charge in [-0.05, 0) is 62.6 Å². The summed E-state index contributed by atoms with van der Waals surface area (Å²) in [4.78, 5) is 12.2. The molecular formula is C20H27NO2. The van der Waals surface area contributed by atoms with Crippen molar-refractivity contribution in [1.82, 2.24) is 5.32 Å². The summed E-state index contributed by atoms with van der Waals surface area (Å²) in [6, 6.07) is 8.15. The fraction of sp³-hybridized carbons (Fsp3) is 0.550. The molecule has 3 heteroatoms. The number of rotatable bonds is 5. The number of allylic oxidation sites excluding steroid dienone is 2. The molecule has 124 valence electrons. The molecule has 1 aromatic rings. The lowest BCUT2D eigenvalue weighted by molar-refractivity contribution is -0.125. The van der Waals surface area contributed by atoms with Gasteiger partial charge < -0.3 is 10.1 Å². The molecule has 0 saturated heterocycles. The van der Waals surface area contributed by atoms with E-state index in [0.717, 1.165) is 43.4 Å². The zero-order valence-electron chi connectivity index (χ0n) is 13.8. The third-order valence-electron chi connectivity index (χ3n) is 4.86. The highest BCUT2D eigenvalue weighted by Gasteiger charge is 2.18. The van der Waals surface area contributed by atoms with Gasteiger partial charge in [-0.25, -0.2) is 0 Å². The Bertz CT molecular complexity index is 546. The molecule has 1 N–H and O–H groups in total. The maximum Gasteiger partial charge on any atom is 0.223 e. The Balaban J connectivity index is 1.50. The van der Waals surface area contributed by atoms with Crippen LogP contribution in [0.4, 0.5) is 0 Å². The number of hydrogen-bond acceptors (Lipinski definition) is 2. The Kier molecular flexibility index (Phi) is 5.73. The van der Waals surface area contributed by atoms with Crippen molar-refractivity contribution in [3.05, 3.63) is 42.0 Å². The Labute approximate surface area is 139 Å². The first-order chi connectivity index (χ1) is 11.3. The van der Waals surface area contributed by atoms with E-state index in [0.29, 0.717) is 12.6 Å². The lowest BCUT2D eigenvalue weighted by Gasteiger charge is -2.23. The van der Waals surface area contributed by atoms with Gasteiger partial charge in [0.05, 0.1) is 6.10 Å². The van der Waals surface area contributed by atoms with Gasteiger partial charge in [-0.15, -0.1) is 0 Å². The predicted molar refractivity (Wildman–Crippen MR) is 92.3 cm³/mol. The molecule has 0 radical (unpaired) electrons. The highest BCUT2D eigenvalue weighted by molar-refractivity contribution is 5.78. The summed E-state index contributed by atoms with van der Waals surface area (Å²) >= 11 is 0. The van der Waals surface area contributed by atoms with Crippen molar-refractivity contribution in [3.8, 4) is 5.75 Å². The highest BCUT2D eigenvalue weighted by Crippen LogP contribution is 2.24. The molecule has 3 nitrogen and oxygen atoms in total. The molecule has 2 aliphatic carbocycles. The van der Waals surface area contributed by atoms with Gasteiger partial charge in [0, 0.05) is 12.5 Å². The molecule has 1 fully saturated rings. The van der Waals surface area contributed by atoms with Crippen LogP contribution in [-0.2, 0) is 11.3 Å². The number of nitrogens with one attached hydrogen (secondary N) is 1. The van der Waals surface area contributed by atoms with Gasteiger partial charge in [0.2, 0.25) is 5.91 Å². The number of hydrogen-bond donors (Lipinski definition) is 1. The monoisotopic (exact) mass is 313 g/mol. The van der Waals surface area contributed by atoms with Crippen LogP contribution in [0.5, 0.6) is 5.75 Å². The van der Waals surface area contributed by atoms with Gasteiger partial charge in [-0.3, -0.25) is 4.79 Å². The van der Waals surface area contributed by atoms with Crippen molar-refractivity contribution in [3.63, 3.8) is 0 Å². The molecule has 0 aromatic heterocycles. The van der Waals surface area contributed by atoms with E-state index in [1.165, 1.54) is 19.3 Å². The molecule has 0 aliphatic heterocycles. The van der Waals surface area contributed by atoms with E-state index in [1.807, 2.05) is 12.1 Å². The lowest BCUT2D eigenvalue weighted by Crippen LogP contribution is -2.30. The Morgan fingerprint density at radius 1 is 1.13 bits per heavy atom. The van der Waals surface area contributed by atoms with Gasteiger partial charge >= 0.3 is 0 Å². The summed E-state index contributed by atoms with van der Waals surface area (Å²) < 4.78 is 6.10. The van der Waals surface area contributed by atoms with Crippen molar-refractivity contribution in [2.45, 2.75) is 64.0 Å². The number of amides is 1. The Morgan fingerprint density at radius 2 is 2.00 bits per heavy atom. The number of carbonyl (C=O) groups is 1. The van der Waals surface area contributed by atoms with E-state index >= 15 is 0 Å². The lowest BCUT2D eigenvalue weighted by atomic mass is 9.93. The minimum absolute atomic E-state index is 0.140. The second-order valence-corrected chi connectivity index (χ2v) is 6.72. The molecule has 23 heavy (non-hydrogen) atoms. The van der Waals surface area contributed by atoms with Gasteiger partial charge in [-0.1, -0.05) is 30.7 Å². The highest BCUT2D eigenvalue weighted by atomic mass is 16.5. The van der Waals surface area contributed by atoms with Crippen molar-refractivity contribution in [2.24, 2.45) is 5.92 Å². The summed E-state index contributed by atoms with van der Waals surface area (Å²) in [5.74, 6) is 1.25. The largest absolute Gasteiger partial charge is 0.490 e. The van der Waals surface area contributed by atoms with Crippen molar-refractivity contribution in [1.29, 1.82) is 0 Å². The maximum absolute atomic E-state index is 12.2. The van der Waals surface area contributed by atoms with Crippen LogP contribution >= 0.6 is 0 Å². The van der Waals surface area contributed by atoms with Crippen LogP contribution in [-0.4, -0.2) is 12.0 Å². The van der Waals surface area contributed by atoms with Gasteiger partial charge in [0.25, 0.3) is 0 Å². The fourth-order valence-electron chi connectivity index (χ4n) is 3.47. The molecule has 0 bridgehead atoms. The molecule has 0 heterocycles. The maximum atomic E-state index is 12.2.